The van der Waals surface area contributed by atoms with Gasteiger partial charge >= 0.3 is 5.97 Å². The van der Waals surface area contributed by atoms with Crippen molar-refractivity contribution in [3.63, 3.8) is 0 Å². The standard InChI is InChI=1S/C15H17FN2O2S/c1-4-20-14(19)13-10(2)21-15(17-13)18(3)9-11-6-5-7-12(16)8-11/h5-8H,4,9H2,1-3H3. The van der Waals surface area contributed by atoms with Crippen LogP contribution in [0.15, 0.2) is 24.3 Å². The van der Waals surface area contributed by atoms with E-state index in [1.807, 2.05) is 24.9 Å². The van der Waals surface area contributed by atoms with Crippen molar-refractivity contribution in [2.75, 3.05) is 18.6 Å². The minimum absolute atomic E-state index is 0.261. The SMILES string of the molecule is CCOC(=O)c1nc(N(C)Cc2cccc(F)c2)sc1C. The highest BCUT2D eigenvalue weighted by atomic mass is 32.1. The Morgan fingerprint density at radius 2 is 2.24 bits per heavy atom. The lowest BCUT2D eigenvalue weighted by Crippen LogP contribution is -2.16. The normalized spacial score (nSPS) is 10.5. The third-order valence-corrected chi connectivity index (χ3v) is 3.97. The first-order valence-corrected chi connectivity index (χ1v) is 7.43. The average Bonchev–Trinajstić information content (AvgIpc) is 2.81. The Hall–Kier alpha value is -1.95. The molecule has 0 aliphatic rings. The van der Waals surface area contributed by atoms with E-state index in [-0.39, 0.29) is 5.82 Å². The second-order valence-electron chi connectivity index (χ2n) is 4.61. The summed E-state index contributed by atoms with van der Waals surface area (Å²) in [5.41, 5.74) is 1.20. The van der Waals surface area contributed by atoms with E-state index in [9.17, 15) is 9.18 Å². The van der Waals surface area contributed by atoms with Crippen LogP contribution in [0.25, 0.3) is 0 Å². The van der Waals surface area contributed by atoms with Crippen LogP contribution >= 0.6 is 11.3 Å². The lowest BCUT2D eigenvalue weighted by molar-refractivity contribution is 0.0519. The first-order valence-electron chi connectivity index (χ1n) is 6.61. The molecule has 112 valence electrons. The van der Waals surface area contributed by atoms with E-state index in [0.717, 1.165) is 10.4 Å². The summed E-state index contributed by atoms with van der Waals surface area (Å²) in [6.45, 7) is 4.44. The largest absolute Gasteiger partial charge is 0.461 e. The van der Waals surface area contributed by atoms with Crippen molar-refractivity contribution in [2.24, 2.45) is 0 Å². The molecule has 0 aliphatic carbocycles. The third-order valence-electron chi connectivity index (χ3n) is 2.89. The molecule has 2 rings (SSSR count). The van der Waals surface area contributed by atoms with E-state index in [4.69, 9.17) is 4.74 Å². The summed E-state index contributed by atoms with van der Waals surface area (Å²) >= 11 is 1.42. The van der Waals surface area contributed by atoms with Gasteiger partial charge in [0, 0.05) is 18.5 Å². The van der Waals surface area contributed by atoms with Crippen LogP contribution < -0.4 is 4.90 Å². The van der Waals surface area contributed by atoms with E-state index in [0.29, 0.717) is 24.0 Å². The number of aryl methyl sites for hydroxylation is 1. The molecular formula is C15H17FN2O2S. The summed E-state index contributed by atoms with van der Waals surface area (Å²) in [6.07, 6.45) is 0. The summed E-state index contributed by atoms with van der Waals surface area (Å²) in [5.74, 6) is -0.667. The monoisotopic (exact) mass is 308 g/mol. The van der Waals surface area contributed by atoms with Gasteiger partial charge in [-0.05, 0) is 31.5 Å². The van der Waals surface area contributed by atoms with Crippen molar-refractivity contribution < 1.29 is 13.9 Å². The highest BCUT2D eigenvalue weighted by Crippen LogP contribution is 2.26. The molecule has 0 unspecified atom stereocenters. The number of ether oxygens (including phenoxy) is 1. The average molecular weight is 308 g/mol. The zero-order chi connectivity index (χ0) is 15.4. The molecule has 0 N–H and O–H groups in total. The molecule has 0 fully saturated rings. The molecule has 2 aromatic rings. The highest BCUT2D eigenvalue weighted by molar-refractivity contribution is 7.15. The van der Waals surface area contributed by atoms with Crippen LogP contribution in [0.2, 0.25) is 0 Å². The van der Waals surface area contributed by atoms with Crippen LogP contribution in [0.1, 0.15) is 27.9 Å². The minimum atomic E-state index is -0.406. The zero-order valence-electron chi connectivity index (χ0n) is 12.2. The van der Waals surface area contributed by atoms with Gasteiger partial charge in [-0.1, -0.05) is 12.1 Å². The Morgan fingerprint density at radius 1 is 1.48 bits per heavy atom. The Balaban J connectivity index is 2.14. The van der Waals surface area contributed by atoms with Crippen LogP contribution in [0.4, 0.5) is 9.52 Å². The first-order chi connectivity index (χ1) is 10.0. The number of nitrogens with zero attached hydrogens (tertiary/aromatic N) is 2. The molecule has 1 aromatic heterocycles. The van der Waals surface area contributed by atoms with Crippen molar-refractivity contribution in [2.45, 2.75) is 20.4 Å². The number of aromatic nitrogens is 1. The second-order valence-corrected chi connectivity index (χ2v) is 5.79. The van der Waals surface area contributed by atoms with Gasteiger partial charge < -0.3 is 9.64 Å². The van der Waals surface area contributed by atoms with Crippen molar-refractivity contribution in [3.05, 3.63) is 46.2 Å². The molecule has 21 heavy (non-hydrogen) atoms. The van der Waals surface area contributed by atoms with Gasteiger partial charge in [0.2, 0.25) is 0 Å². The third kappa shape index (κ3) is 3.78. The summed E-state index contributed by atoms with van der Waals surface area (Å²) < 4.78 is 18.2. The van der Waals surface area contributed by atoms with Crippen LogP contribution in [-0.2, 0) is 11.3 Å². The lowest BCUT2D eigenvalue weighted by atomic mass is 10.2. The second kappa shape index (κ2) is 6.67. The van der Waals surface area contributed by atoms with Gasteiger partial charge in [0.1, 0.15) is 5.82 Å². The topological polar surface area (TPSA) is 42.4 Å². The first kappa shape index (κ1) is 15.4. The van der Waals surface area contributed by atoms with E-state index < -0.39 is 5.97 Å². The number of anilines is 1. The number of thiazole rings is 1. The van der Waals surface area contributed by atoms with Gasteiger partial charge in [-0.25, -0.2) is 14.2 Å². The van der Waals surface area contributed by atoms with Crippen LogP contribution in [0, 0.1) is 12.7 Å². The van der Waals surface area contributed by atoms with Crippen LogP contribution in [0.3, 0.4) is 0 Å². The molecule has 0 atom stereocenters. The molecule has 1 aromatic carbocycles. The summed E-state index contributed by atoms with van der Waals surface area (Å²) in [4.78, 5) is 18.8. The van der Waals surface area contributed by atoms with E-state index >= 15 is 0 Å². The maximum absolute atomic E-state index is 13.2. The highest BCUT2D eigenvalue weighted by Gasteiger charge is 2.18. The molecule has 6 heteroatoms. The maximum Gasteiger partial charge on any atom is 0.358 e. The molecule has 4 nitrogen and oxygen atoms in total. The number of hydrogen-bond donors (Lipinski definition) is 0. The van der Waals surface area contributed by atoms with Gasteiger partial charge in [0.25, 0.3) is 0 Å². The van der Waals surface area contributed by atoms with Gasteiger partial charge in [0.05, 0.1) is 6.61 Å². The van der Waals surface area contributed by atoms with Crippen molar-refractivity contribution in [1.82, 2.24) is 4.98 Å². The van der Waals surface area contributed by atoms with Crippen molar-refractivity contribution in [1.29, 1.82) is 0 Å². The molecule has 0 saturated heterocycles. The zero-order valence-corrected chi connectivity index (χ0v) is 13.0. The van der Waals surface area contributed by atoms with Gasteiger partial charge in [0.15, 0.2) is 10.8 Å². The van der Waals surface area contributed by atoms with E-state index in [1.165, 1.54) is 23.5 Å². The molecule has 0 saturated carbocycles. The predicted octanol–water partition coefficient (Wildman–Crippen LogP) is 3.40. The quantitative estimate of drug-likeness (QED) is 0.794. The number of halogens is 1. The predicted molar refractivity (Wildman–Crippen MR) is 81.3 cm³/mol. The molecule has 0 amide bonds. The number of hydrogen-bond acceptors (Lipinski definition) is 5. The maximum atomic E-state index is 13.2. The molecule has 0 bridgehead atoms. The number of carbonyl (C=O) groups excluding carboxylic acids is 1. The van der Waals surface area contributed by atoms with Crippen molar-refractivity contribution in [3.8, 4) is 0 Å². The fourth-order valence-corrected chi connectivity index (χ4v) is 2.77. The Morgan fingerprint density at radius 3 is 2.90 bits per heavy atom. The molecule has 0 spiro atoms. The Labute approximate surface area is 127 Å². The number of esters is 1. The molecule has 0 aliphatic heterocycles. The minimum Gasteiger partial charge on any atom is -0.461 e. The van der Waals surface area contributed by atoms with Gasteiger partial charge in [-0.15, -0.1) is 11.3 Å². The molecule has 1 heterocycles. The summed E-state index contributed by atoms with van der Waals surface area (Å²) in [6, 6.07) is 6.43. The van der Waals surface area contributed by atoms with Crippen LogP contribution in [0.5, 0.6) is 0 Å². The number of rotatable bonds is 5. The van der Waals surface area contributed by atoms with Gasteiger partial charge in [-0.2, -0.15) is 0 Å². The summed E-state index contributed by atoms with van der Waals surface area (Å²) in [7, 11) is 1.86. The number of carbonyl (C=O) groups is 1. The molecule has 0 radical (unpaired) electrons. The summed E-state index contributed by atoms with van der Waals surface area (Å²) in [5, 5.41) is 0.708. The Kier molecular flexibility index (Phi) is 4.90. The lowest BCUT2D eigenvalue weighted by Gasteiger charge is -2.15. The fourth-order valence-electron chi connectivity index (χ4n) is 1.91. The van der Waals surface area contributed by atoms with Crippen molar-refractivity contribution >= 4 is 22.4 Å². The van der Waals surface area contributed by atoms with E-state index in [2.05, 4.69) is 4.98 Å². The smallest absolute Gasteiger partial charge is 0.358 e. The van der Waals surface area contributed by atoms with Gasteiger partial charge in [-0.3, -0.25) is 0 Å². The van der Waals surface area contributed by atoms with E-state index in [1.54, 1.807) is 13.0 Å². The fraction of sp³-hybridized carbons (Fsp3) is 0.333. The Bertz CT molecular complexity index is 642. The number of benzene rings is 1. The molecular weight excluding hydrogens is 291 g/mol. The van der Waals surface area contributed by atoms with Crippen LogP contribution in [-0.4, -0.2) is 24.6 Å².